The maximum absolute atomic E-state index is 14.1. The molecule has 1 aromatic rings. The van der Waals surface area contributed by atoms with Crippen LogP contribution in [-0.2, 0) is 0 Å². The Morgan fingerprint density at radius 2 is 2.00 bits per heavy atom. The first-order valence-corrected chi connectivity index (χ1v) is 6.71. The van der Waals surface area contributed by atoms with Crippen LogP contribution in [0.1, 0.15) is 62.0 Å². The number of nitrogens with two attached hydrogens (primary N) is 1. The average molecular weight is 235 g/mol. The van der Waals surface area contributed by atoms with E-state index in [2.05, 4.69) is 0 Å². The lowest BCUT2D eigenvalue weighted by molar-refractivity contribution is 0.429. The minimum absolute atomic E-state index is 0.0327. The molecule has 1 atom stereocenters. The van der Waals surface area contributed by atoms with Gasteiger partial charge in [0.25, 0.3) is 0 Å². The molecule has 2 rings (SSSR count). The van der Waals surface area contributed by atoms with E-state index in [1.54, 1.807) is 6.07 Å². The molecule has 2 N–H and O–H groups in total. The van der Waals surface area contributed by atoms with Gasteiger partial charge in [-0.2, -0.15) is 0 Å². The van der Waals surface area contributed by atoms with Crippen molar-refractivity contribution >= 4 is 0 Å². The zero-order valence-electron chi connectivity index (χ0n) is 10.6. The van der Waals surface area contributed by atoms with Crippen LogP contribution in [0.3, 0.4) is 0 Å². The second-order valence-corrected chi connectivity index (χ2v) is 5.25. The van der Waals surface area contributed by atoms with Crippen LogP contribution in [0.5, 0.6) is 0 Å². The van der Waals surface area contributed by atoms with Gasteiger partial charge in [0.15, 0.2) is 0 Å². The third kappa shape index (κ3) is 2.86. The highest BCUT2D eigenvalue weighted by molar-refractivity contribution is 5.29. The summed E-state index contributed by atoms with van der Waals surface area (Å²) in [5.41, 5.74) is 7.55. The van der Waals surface area contributed by atoms with Crippen LogP contribution in [-0.4, -0.2) is 6.54 Å². The van der Waals surface area contributed by atoms with Gasteiger partial charge in [0, 0.05) is 0 Å². The van der Waals surface area contributed by atoms with Gasteiger partial charge in [-0.3, -0.25) is 0 Å². The smallest absolute Gasteiger partial charge is 0.126 e. The van der Waals surface area contributed by atoms with Gasteiger partial charge in [-0.1, -0.05) is 38.3 Å². The van der Waals surface area contributed by atoms with E-state index in [4.69, 9.17) is 5.73 Å². The molecule has 0 spiro atoms. The van der Waals surface area contributed by atoms with Crippen molar-refractivity contribution in [2.75, 3.05) is 6.54 Å². The Bertz CT molecular complexity index is 369. The molecule has 17 heavy (non-hydrogen) atoms. The van der Waals surface area contributed by atoms with E-state index in [0.717, 1.165) is 24.0 Å². The van der Waals surface area contributed by atoms with E-state index in [1.165, 1.54) is 19.3 Å². The Balaban J connectivity index is 2.18. The first-order valence-electron chi connectivity index (χ1n) is 6.71. The number of benzene rings is 1. The maximum atomic E-state index is 14.1. The number of hydrogen-bond acceptors (Lipinski definition) is 1. The van der Waals surface area contributed by atoms with Crippen LogP contribution in [0.2, 0.25) is 0 Å². The lowest BCUT2D eigenvalue weighted by Crippen LogP contribution is -2.11. The van der Waals surface area contributed by atoms with Crippen LogP contribution in [0.25, 0.3) is 0 Å². The van der Waals surface area contributed by atoms with Crippen LogP contribution >= 0.6 is 0 Å². The summed E-state index contributed by atoms with van der Waals surface area (Å²) in [6.07, 6.45) is 6.07. The van der Waals surface area contributed by atoms with Gasteiger partial charge in [0.2, 0.25) is 0 Å². The lowest BCUT2D eigenvalue weighted by Gasteiger charge is -2.23. The molecule has 1 nitrogen and oxygen atoms in total. The zero-order valence-corrected chi connectivity index (χ0v) is 10.6. The highest BCUT2D eigenvalue weighted by atomic mass is 19.1. The van der Waals surface area contributed by atoms with Gasteiger partial charge < -0.3 is 5.73 Å². The Morgan fingerprint density at radius 3 is 2.59 bits per heavy atom. The summed E-state index contributed by atoms with van der Waals surface area (Å²) in [5, 5.41) is 0. The average Bonchev–Trinajstić information content (AvgIpc) is 2.38. The summed E-state index contributed by atoms with van der Waals surface area (Å²) in [4.78, 5) is 0. The fraction of sp³-hybridized carbons (Fsp3) is 0.600. The Morgan fingerprint density at radius 1 is 1.29 bits per heavy atom. The summed E-state index contributed by atoms with van der Waals surface area (Å²) in [7, 11) is 0. The third-order valence-corrected chi connectivity index (χ3v) is 3.99. The Kier molecular flexibility index (Phi) is 4.16. The fourth-order valence-electron chi connectivity index (χ4n) is 2.73. The molecule has 0 radical (unpaired) electrons. The predicted molar refractivity (Wildman–Crippen MR) is 69.7 cm³/mol. The van der Waals surface area contributed by atoms with Crippen molar-refractivity contribution in [2.24, 2.45) is 5.73 Å². The number of hydrogen-bond donors (Lipinski definition) is 1. The quantitative estimate of drug-likeness (QED) is 0.843. The number of rotatable bonds is 3. The van der Waals surface area contributed by atoms with Crippen molar-refractivity contribution in [1.29, 1.82) is 0 Å². The maximum Gasteiger partial charge on any atom is 0.126 e. The van der Waals surface area contributed by atoms with Crippen molar-refractivity contribution in [3.63, 3.8) is 0 Å². The van der Waals surface area contributed by atoms with Crippen molar-refractivity contribution in [2.45, 2.75) is 50.9 Å². The predicted octanol–water partition coefficient (Wildman–Crippen LogP) is 3.94. The fourth-order valence-corrected chi connectivity index (χ4v) is 2.73. The van der Waals surface area contributed by atoms with Crippen LogP contribution in [0.15, 0.2) is 18.2 Å². The van der Waals surface area contributed by atoms with Crippen molar-refractivity contribution in [3.8, 4) is 0 Å². The molecule has 1 aliphatic rings. The summed E-state index contributed by atoms with van der Waals surface area (Å²) in [6.45, 7) is 2.61. The van der Waals surface area contributed by atoms with Gasteiger partial charge >= 0.3 is 0 Å². The molecule has 1 aromatic carbocycles. The first-order chi connectivity index (χ1) is 8.22. The van der Waals surface area contributed by atoms with E-state index < -0.39 is 0 Å². The highest BCUT2D eigenvalue weighted by Gasteiger charge is 2.19. The molecule has 0 bridgehead atoms. The van der Waals surface area contributed by atoms with Gasteiger partial charge in [0.1, 0.15) is 5.82 Å². The van der Waals surface area contributed by atoms with E-state index in [0.29, 0.717) is 12.5 Å². The normalized spacial score (nSPS) is 19.2. The van der Waals surface area contributed by atoms with E-state index in [-0.39, 0.29) is 11.7 Å². The van der Waals surface area contributed by atoms with E-state index >= 15 is 0 Å². The molecule has 0 aromatic heterocycles. The molecule has 0 amide bonds. The second kappa shape index (κ2) is 5.63. The minimum Gasteiger partial charge on any atom is -0.330 e. The topological polar surface area (TPSA) is 26.0 Å². The molecular weight excluding hydrogens is 213 g/mol. The monoisotopic (exact) mass is 235 g/mol. The second-order valence-electron chi connectivity index (χ2n) is 5.25. The van der Waals surface area contributed by atoms with Crippen LogP contribution in [0, 0.1) is 5.82 Å². The van der Waals surface area contributed by atoms with Crippen LogP contribution in [0.4, 0.5) is 4.39 Å². The molecule has 1 saturated carbocycles. The van der Waals surface area contributed by atoms with E-state index in [1.807, 2.05) is 19.1 Å². The standard InChI is InChI=1S/C15H22FN/c1-11(10-17)13-7-8-14(15(16)9-13)12-5-3-2-4-6-12/h7-9,11-12H,2-6,10,17H2,1H3. The summed E-state index contributed by atoms with van der Waals surface area (Å²) in [6, 6.07) is 5.71. The molecule has 0 saturated heterocycles. The molecule has 0 aliphatic heterocycles. The third-order valence-electron chi connectivity index (χ3n) is 3.99. The Hall–Kier alpha value is -0.890. The van der Waals surface area contributed by atoms with Gasteiger partial charge in [-0.05, 0) is 48.4 Å². The molecular formula is C15H22FN. The molecule has 1 fully saturated rings. The summed E-state index contributed by atoms with van der Waals surface area (Å²) < 4.78 is 14.1. The molecule has 0 heterocycles. The minimum atomic E-state index is -0.0327. The molecule has 2 heteroatoms. The summed E-state index contributed by atoms with van der Waals surface area (Å²) in [5.74, 6) is 0.644. The van der Waals surface area contributed by atoms with Crippen LogP contribution < -0.4 is 5.73 Å². The molecule has 94 valence electrons. The largest absolute Gasteiger partial charge is 0.330 e. The first kappa shape index (κ1) is 12.6. The Labute approximate surface area is 103 Å². The van der Waals surface area contributed by atoms with Gasteiger partial charge in [0.05, 0.1) is 0 Å². The molecule has 1 aliphatic carbocycles. The highest BCUT2D eigenvalue weighted by Crippen LogP contribution is 2.34. The lowest BCUT2D eigenvalue weighted by atomic mass is 9.83. The van der Waals surface area contributed by atoms with E-state index in [9.17, 15) is 4.39 Å². The number of halogens is 1. The van der Waals surface area contributed by atoms with Crippen molar-refractivity contribution in [1.82, 2.24) is 0 Å². The zero-order chi connectivity index (χ0) is 12.3. The van der Waals surface area contributed by atoms with Gasteiger partial charge in [-0.15, -0.1) is 0 Å². The van der Waals surface area contributed by atoms with Crippen molar-refractivity contribution < 1.29 is 4.39 Å². The van der Waals surface area contributed by atoms with Gasteiger partial charge in [-0.25, -0.2) is 4.39 Å². The SMILES string of the molecule is CC(CN)c1ccc(C2CCCCC2)c(F)c1. The van der Waals surface area contributed by atoms with Crippen molar-refractivity contribution in [3.05, 3.63) is 35.1 Å². The summed E-state index contributed by atoms with van der Waals surface area (Å²) >= 11 is 0. The molecule has 1 unspecified atom stereocenters.